The molecule has 1 fully saturated rings. The van der Waals surface area contributed by atoms with Crippen LogP contribution in [0.15, 0.2) is 95.5 Å². The first-order valence-corrected chi connectivity index (χ1v) is 20.5. The number of aliphatic hydroxyl groups is 1. The number of carbonyl (C=O) groups excluding carboxylic acids is 2. The molecule has 7 rings (SSSR count). The van der Waals surface area contributed by atoms with Crippen molar-refractivity contribution in [2.45, 2.75) is 63.1 Å². The van der Waals surface area contributed by atoms with Crippen molar-refractivity contribution in [1.29, 1.82) is 0 Å². The van der Waals surface area contributed by atoms with Gasteiger partial charge in [0, 0.05) is 34.7 Å². The van der Waals surface area contributed by atoms with Crippen molar-refractivity contribution in [2.24, 2.45) is 5.92 Å². The van der Waals surface area contributed by atoms with Crippen LogP contribution < -0.4 is 19.7 Å². The second-order valence-corrected chi connectivity index (χ2v) is 19.3. The summed E-state index contributed by atoms with van der Waals surface area (Å²) in [4.78, 5) is 31.6. The first kappa shape index (κ1) is 32.8. The van der Waals surface area contributed by atoms with Crippen molar-refractivity contribution in [1.82, 2.24) is 0 Å². The molecule has 48 heavy (non-hydrogen) atoms. The molecular weight excluding hydrogens is 684 g/mol. The zero-order valence-electron chi connectivity index (χ0n) is 27.8. The lowest BCUT2D eigenvalue weighted by molar-refractivity contribution is -0.146. The van der Waals surface area contributed by atoms with E-state index < -0.39 is 13.7 Å². The molecule has 3 aliphatic heterocycles. The van der Waals surface area contributed by atoms with Crippen LogP contribution in [0.3, 0.4) is 0 Å². The number of fused-ring (bicyclic) bond motifs is 3. The van der Waals surface area contributed by atoms with Gasteiger partial charge in [-0.2, -0.15) is 0 Å². The van der Waals surface area contributed by atoms with Gasteiger partial charge in [-0.1, -0.05) is 83.6 Å². The Morgan fingerprint density at radius 1 is 0.958 bits per heavy atom. The van der Waals surface area contributed by atoms with E-state index in [9.17, 15) is 14.7 Å². The minimum atomic E-state index is -2.26. The average molecular weight is 726 g/mol. The molecule has 0 aromatic heterocycles. The Labute approximate surface area is 291 Å². The maximum absolute atomic E-state index is 14.9. The van der Waals surface area contributed by atoms with Gasteiger partial charge in [-0.05, 0) is 78.0 Å². The van der Waals surface area contributed by atoms with Crippen LogP contribution in [-0.4, -0.2) is 44.8 Å². The molecule has 0 saturated carbocycles. The van der Waals surface area contributed by atoms with Gasteiger partial charge in [-0.25, -0.2) is 0 Å². The Bertz CT molecular complexity index is 1860. The van der Waals surface area contributed by atoms with Gasteiger partial charge in [0.2, 0.25) is 5.91 Å². The third kappa shape index (κ3) is 5.23. The standard InChI is InChI=1S/C39H41BrN2O5Si/c1-25-37(48(3,4)31-17-15-30(46-2)16-18-31)35(21-22-43)47-39(25)32-23-28(40)12-19-34(32)41(38(39)45)24-26-9-13-29(14-10-26)42-33-8-6-5-7-27(33)11-20-36(42)44/h5-10,12-19,23,25,35,37,43H,11,20-22,24H2,1-4H3/t25-,35+,37-,39+/m1/s1. The quantitative estimate of drug-likeness (QED) is 0.194. The number of ether oxygens (including phenoxy) is 2. The fourth-order valence-corrected chi connectivity index (χ4v) is 12.9. The van der Waals surface area contributed by atoms with E-state index in [2.05, 4.69) is 54.1 Å². The summed E-state index contributed by atoms with van der Waals surface area (Å²) in [5, 5.41) is 11.5. The number of carbonyl (C=O) groups is 2. The van der Waals surface area contributed by atoms with Gasteiger partial charge < -0.3 is 19.5 Å². The molecule has 0 unspecified atom stereocenters. The number of hydrogen-bond donors (Lipinski definition) is 1. The largest absolute Gasteiger partial charge is 0.497 e. The molecule has 4 atom stereocenters. The number of aryl methyl sites for hydroxylation is 1. The summed E-state index contributed by atoms with van der Waals surface area (Å²) in [7, 11) is -0.591. The summed E-state index contributed by atoms with van der Waals surface area (Å²) < 4.78 is 13.3. The molecule has 2 amide bonds. The number of anilines is 3. The van der Waals surface area contributed by atoms with E-state index in [1.807, 2.05) is 77.7 Å². The second kappa shape index (κ2) is 12.6. The Balaban J connectivity index is 1.23. The fourth-order valence-electron chi connectivity index (χ4n) is 8.48. The summed E-state index contributed by atoms with van der Waals surface area (Å²) >= 11 is 3.67. The highest BCUT2D eigenvalue weighted by atomic mass is 79.9. The maximum atomic E-state index is 14.9. The number of methoxy groups -OCH3 is 1. The normalized spacial score (nSPS) is 23.5. The van der Waals surface area contributed by atoms with E-state index in [1.165, 1.54) is 10.8 Å². The number of nitrogens with zero attached hydrogens (tertiary/aromatic N) is 2. The second-order valence-electron chi connectivity index (χ2n) is 13.7. The van der Waals surface area contributed by atoms with Crippen LogP contribution in [0, 0.1) is 5.92 Å². The molecular formula is C39H41BrN2O5Si. The van der Waals surface area contributed by atoms with Gasteiger partial charge in [-0.15, -0.1) is 0 Å². The van der Waals surface area contributed by atoms with Gasteiger partial charge >= 0.3 is 0 Å². The molecule has 3 heterocycles. The third-order valence-corrected chi connectivity index (χ3v) is 15.7. The Hall–Kier alpha value is -3.76. The Morgan fingerprint density at radius 3 is 2.40 bits per heavy atom. The smallest absolute Gasteiger partial charge is 0.264 e. The highest BCUT2D eigenvalue weighted by Gasteiger charge is 2.66. The van der Waals surface area contributed by atoms with Crippen LogP contribution in [0.1, 0.15) is 36.5 Å². The third-order valence-electron chi connectivity index (χ3n) is 10.8. The van der Waals surface area contributed by atoms with E-state index in [4.69, 9.17) is 9.47 Å². The lowest BCUT2D eigenvalue weighted by atomic mass is 9.82. The van der Waals surface area contributed by atoms with Crippen molar-refractivity contribution >= 4 is 58.1 Å². The molecule has 0 radical (unpaired) electrons. The molecule has 0 aliphatic carbocycles. The number of halogens is 1. The molecule has 0 bridgehead atoms. The SMILES string of the molecule is COc1ccc([Si](C)(C)[C@H]2[C@H](CCO)O[C@@]3(C(=O)N(Cc4ccc(N5C(=O)CCc6ccccc65)cc4)c4ccc(Br)cc43)[C@@H]2C)cc1. The van der Waals surface area contributed by atoms with Crippen LogP contribution in [0.2, 0.25) is 18.6 Å². The van der Waals surface area contributed by atoms with E-state index in [1.54, 1.807) is 12.0 Å². The molecule has 1 spiro atoms. The predicted molar refractivity (Wildman–Crippen MR) is 195 cm³/mol. The molecule has 1 N–H and O–H groups in total. The number of para-hydroxylation sites is 1. The first-order valence-electron chi connectivity index (χ1n) is 16.6. The highest BCUT2D eigenvalue weighted by Crippen LogP contribution is 2.60. The van der Waals surface area contributed by atoms with E-state index >= 15 is 0 Å². The molecule has 248 valence electrons. The molecule has 1 saturated heterocycles. The highest BCUT2D eigenvalue weighted by molar-refractivity contribution is 9.10. The number of benzene rings is 4. The zero-order valence-corrected chi connectivity index (χ0v) is 30.4. The maximum Gasteiger partial charge on any atom is 0.264 e. The lowest BCUT2D eigenvalue weighted by Gasteiger charge is -2.37. The van der Waals surface area contributed by atoms with Crippen molar-refractivity contribution in [3.8, 4) is 5.75 Å². The lowest BCUT2D eigenvalue weighted by Crippen LogP contribution is -2.51. The summed E-state index contributed by atoms with van der Waals surface area (Å²) in [6.45, 7) is 7.19. The van der Waals surface area contributed by atoms with Gasteiger partial charge in [0.05, 0.1) is 39.2 Å². The summed E-state index contributed by atoms with van der Waals surface area (Å²) in [6.07, 6.45) is 1.40. The molecule has 3 aliphatic rings. The molecule has 7 nitrogen and oxygen atoms in total. The minimum absolute atomic E-state index is 0.0172. The number of rotatable bonds is 8. The van der Waals surface area contributed by atoms with Gasteiger partial charge in [-0.3, -0.25) is 14.5 Å². The fraction of sp³-hybridized carbons (Fsp3) is 0.333. The van der Waals surface area contributed by atoms with E-state index in [-0.39, 0.29) is 36.0 Å². The van der Waals surface area contributed by atoms with Gasteiger partial charge in [0.1, 0.15) is 5.75 Å². The predicted octanol–water partition coefficient (Wildman–Crippen LogP) is 7.21. The monoisotopic (exact) mass is 724 g/mol. The summed E-state index contributed by atoms with van der Waals surface area (Å²) in [5.41, 5.74) is 4.47. The Morgan fingerprint density at radius 2 is 1.69 bits per heavy atom. The number of amides is 2. The van der Waals surface area contributed by atoms with Crippen LogP contribution in [0.25, 0.3) is 0 Å². The average Bonchev–Trinajstić information content (AvgIpc) is 3.51. The van der Waals surface area contributed by atoms with Crippen LogP contribution in [-0.2, 0) is 32.9 Å². The van der Waals surface area contributed by atoms with Crippen LogP contribution >= 0.6 is 15.9 Å². The van der Waals surface area contributed by atoms with E-state index in [0.717, 1.165) is 44.8 Å². The van der Waals surface area contributed by atoms with Crippen LogP contribution in [0.5, 0.6) is 5.75 Å². The van der Waals surface area contributed by atoms with Gasteiger partial charge in [0.25, 0.3) is 5.91 Å². The van der Waals surface area contributed by atoms with Crippen molar-refractivity contribution < 1.29 is 24.2 Å². The summed E-state index contributed by atoms with van der Waals surface area (Å²) in [5.74, 6) is 0.676. The molecule has 4 aromatic rings. The first-order chi connectivity index (χ1) is 23.1. The topological polar surface area (TPSA) is 79.3 Å². The van der Waals surface area contributed by atoms with E-state index in [0.29, 0.717) is 19.4 Å². The van der Waals surface area contributed by atoms with Crippen LogP contribution in [0.4, 0.5) is 17.1 Å². The molecule has 9 heteroatoms. The Kier molecular flexibility index (Phi) is 8.60. The zero-order chi connectivity index (χ0) is 33.8. The minimum Gasteiger partial charge on any atom is -0.497 e. The molecule has 4 aromatic carbocycles. The number of hydrogen-bond acceptors (Lipinski definition) is 5. The van der Waals surface area contributed by atoms with Crippen molar-refractivity contribution in [3.05, 3.63) is 112 Å². The van der Waals surface area contributed by atoms with Crippen molar-refractivity contribution in [3.63, 3.8) is 0 Å². The summed E-state index contributed by atoms with van der Waals surface area (Å²) in [6, 6.07) is 30.3. The number of aliphatic hydroxyl groups excluding tert-OH is 1. The van der Waals surface area contributed by atoms with Gasteiger partial charge in [0.15, 0.2) is 5.60 Å². The van der Waals surface area contributed by atoms with Crippen molar-refractivity contribution in [2.75, 3.05) is 23.5 Å².